The molecule has 0 spiro atoms. The molecule has 0 unspecified atom stereocenters. The molecule has 1 saturated carbocycles. The molecular weight excluding hydrogens is 408 g/mol. The van der Waals surface area contributed by atoms with Crippen LogP contribution in [-0.2, 0) is 38.1 Å². The Morgan fingerprint density at radius 2 is 1.80 bits per heavy atom. The Kier molecular flexibility index (Phi) is 6.75. The summed E-state index contributed by atoms with van der Waals surface area (Å²) in [6, 6.07) is 0. The molecule has 2 fully saturated rings. The van der Waals surface area contributed by atoms with Gasteiger partial charge in [0.25, 0.3) is 0 Å². The maximum absolute atomic E-state index is 12.6. The van der Waals surface area contributed by atoms with Crippen LogP contribution in [0.2, 0.25) is 0 Å². The molecular formula is C18H24O12. The van der Waals surface area contributed by atoms with E-state index in [4.69, 9.17) is 18.9 Å². The minimum atomic E-state index is -1.72. The standard InChI is InChI=1S/C18H24O12/c1-26-15(24)6-3-8(20)10-7(16(25)27-2)5-28-17(11(6)10)30-18-14(23)13(22)12(21)9(4-19)29-18/h5-6,9-14,17-19,21-23H,3-4H2,1-2H3/t6-,9+,10+,11-,12+,13-,14+,17+,18-/m0/s1. The summed E-state index contributed by atoms with van der Waals surface area (Å²) in [5.41, 5.74) is -0.0902. The molecule has 0 radical (unpaired) electrons. The number of hydrogen-bond acceptors (Lipinski definition) is 12. The van der Waals surface area contributed by atoms with Gasteiger partial charge in [0.15, 0.2) is 6.29 Å². The zero-order chi connectivity index (χ0) is 22.2. The predicted octanol–water partition coefficient (Wildman–Crippen LogP) is -2.79. The number of carbonyl (C=O) groups is 3. The summed E-state index contributed by atoms with van der Waals surface area (Å²) in [5, 5.41) is 39.3. The lowest BCUT2D eigenvalue weighted by Crippen LogP contribution is -2.60. The molecule has 0 aromatic heterocycles. The topological polar surface area (TPSA) is 178 Å². The first-order valence-corrected chi connectivity index (χ1v) is 9.25. The average Bonchev–Trinajstić information content (AvgIpc) is 3.10. The minimum absolute atomic E-state index is 0.0902. The van der Waals surface area contributed by atoms with Crippen molar-refractivity contribution in [1.29, 1.82) is 0 Å². The molecule has 12 heteroatoms. The second-order valence-electron chi connectivity index (χ2n) is 7.26. The van der Waals surface area contributed by atoms with Crippen molar-refractivity contribution in [2.24, 2.45) is 17.8 Å². The van der Waals surface area contributed by atoms with Crippen LogP contribution in [0.3, 0.4) is 0 Å². The second kappa shape index (κ2) is 8.96. The first-order valence-electron chi connectivity index (χ1n) is 9.25. The van der Waals surface area contributed by atoms with Gasteiger partial charge in [0.2, 0.25) is 6.29 Å². The molecule has 1 saturated heterocycles. The molecule has 9 atom stereocenters. The van der Waals surface area contributed by atoms with Crippen LogP contribution in [0.5, 0.6) is 0 Å². The van der Waals surface area contributed by atoms with Gasteiger partial charge in [-0.25, -0.2) is 4.79 Å². The van der Waals surface area contributed by atoms with Gasteiger partial charge in [-0.2, -0.15) is 0 Å². The Morgan fingerprint density at radius 3 is 2.40 bits per heavy atom. The van der Waals surface area contributed by atoms with Crippen molar-refractivity contribution in [2.75, 3.05) is 20.8 Å². The first-order chi connectivity index (χ1) is 14.2. The molecule has 2 aliphatic heterocycles. The zero-order valence-corrected chi connectivity index (χ0v) is 16.2. The van der Waals surface area contributed by atoms with Crippen molar-refractivity contribution >= 4 is 17.7 Å². The molecule has 168 valence electrons. The van der Waals surface area contributed by atoms with Crippen LogP contribution in [-0.4, -0.2) is 96.0 Å². The molecule has 2 heterocycles. The van der Waals surface area contributed by atoms with Gasteiger partial charge in [-0.15, -0.1) is 0 Å². The fourth-order valence-corrected chi connectivity index (χ4v) is 4.08. The number of ketones is 1. The van der Waals surface area contributed by atoms with Gasteiger partial charge in [-0.05, 0) is 0 Å². The number of carbonyl (C=O) groups excluding carboxylic acids is 3. The van der Waals surface area contributed by atoms with Gasteiger partial charge in [0.1, 0.15) is 30.2 Å². The van der Waals surface area contributed by atoms with Gasteiger partial charge in [-0.3, -0.25) is 9.59 Å². The van der Waals surface area contributed by atoms with Crippen LogP contribution in [0.1, 0.15) is 6.42 Å². The zero-order valence-electron chi connectivity index (χ0n) is 16.2. The van der Waals surface area contributed by atoms with Gasteiger partial charge < -0.3 is 44.1 Å². The normalized spacial score (nSPS) is 40.8. The van der Waals surface area contributed by atoms with Crippen LogP contribution in [0.4, 0.5) is 0 Å². The van der Waals surface area contributed by atoms with Crippen LogP contribution in [0.15, 0.2) is 11.8 Å². The molecule has 4 N–H and O–H groups in total. The minimum Gasteiger partial charge on any atom is -0.471 e. The lowest BCUT2D eigenvalue weighted by atomic mass is 9.82. The van der Waals surface area contributed by atoms with Crippen LogP contribution < -0.4 is 0 Å². The van der Waals surface area contributed by atoms with Crippen LogP contribution in [0, 0.1) is 17.8 Å². The van der Waals surface area contributed by atoms with Gasteiger partial charge in [0, 0.05) is 12.3 Å². The third-order valence-corrected chi connectivity index (χ3v) is 5.64. The largest absolute Gasteiger partial charge is 0.471 e. The number of fused-ring (bicyclic) bond motifs is 1. The van der Waals surface area contributed by atoms with Crippen molar-refractivity contribution in [3.63, 3.8) is 0 Å². The fourth-order valence-electron chi connectivity index (χ4n) is 4.08. The number of aliphatic hydroxyl groups excluding tert-OH is 4. The quantitative estimate of drug-likeness (QED) is 0.329. The van der Waals surface area contributed by atoms with Gasteiger partial charge >= 0.3 is 11.9 Å². The molecule has 30 heavy (non-hydrogen) atoms. The summed E-state index contributed by atoms with van der Waals surface area (Å²) in [6.07, 6.45) is -8.38. The average molecular weight is 432 g/mol. The van der Waals surface area contributed by atoms with Crippen molar-refractivity contribution in [1.82, 2.24) is 0 Å². The molecule has 3 aliphatic rings. The highest BCUT2D eigenvalue weighted by molar-refractivity contribution is 6.01. The van der Waals surface area contributed by atoms with Gasteiger partial charge in [-0.1, -0.05) is 0 Å². The number of aliphatic hydroxyl groups is 4. The van der Waals surface area contributed by atoms with Crippen molar-refractivity contribution in [3.8, 4) is 0 Å². The number of rotatable bonds is 5. The third-order valence-electron chi connectivity index (χ3n) is 5.64. The SMILES string of the molecule is COC(=O)C1=CO[C@H](O[C@@H]2O[C@H](CO)[C@@H](O)[C@H](O)[C@H]2O)[C@@H]2[C@H]1C(=O)C[C@@H]2C(=O)OC. The number of methoxy groups -OCH3 is 2. The van der Waals surface area contributed by atoms with Crippen LogP contribution in [0.25, 0.3) is 0 Å². The van der Waals surface area contributed by atoms with E-state index in [1.165, 1.54) is 0 Å². The Bertz CT molecular complexity index is 718. The lowest BCUT2D eigenvalue weighted by Gasteiger charge is -2.42. The summed E-state index contributed by atoms with van der Waals surface area (Å²) >= 11 is 0. The van der Waals surface area contributed by atoms with E-state index >= 15 is 0 Å². The molecule has 0 aromatic rings. The molecule has 1 aliphatic carbocycles. The van der Waals surface area contributed by atoms with Gasteiger partial charge in [0.05, 0.1) is 44.5 Å². The molecule has 0 aromatic carbocycles. The number of esters is 2. The molecule has 0 amide bonds. The Hall–Kier alpha value is -2.09. The second-order valence-corrected chi connectivity index (χ2v) is 7.26. The third kappa shape index (κ3) is 3.82. The van der Waals surface area contributed by atoms with E-state index in [-0.39, 0.29) is 12.0 Å². The van der Waals surface area contributed by atoms with E-state index in [0.717, 1.165) is 20.5 Å². The highest BCUT2D eigenvalue weighted by Gasteiger charge is 2.57. The fraction of sp³-hybridized carbons (Fsp3) is 0.722. The Morgan fingerprint density at radius 1 is 1.10 bits per heavy atom. The number of ether oxygens (including phenoxy) is 5. The first kappa shape index (κ1) is 22.6. The van der Waals surface area contributed by atoms with Crippen molar-refractivity contribution < 1.29 is 58.5 Å². The Labute approximate surface area is 170 Å². The Balaban J connectivity index is 1.90. The predicted molar refractivity (Wildman–Crippen MR) is 91.9 cm³/mol. The van der Waals surface area contributed by atoms with E-state index in [9.17, 15) is 34.8 Å². The lowest BCUT2D eigenvalue weighted by molar-refractivity contribution is -0.342. The highest BCUT2D eigenvalue weighted by atomic mass is 16.8. The van der Waals surface area contributed by atoms with E-state index in [1.54, 1.807) is 0 Å². The molecule has 0 bridgehead atoms. The number of hydrogen-bond donors (Lipinski definition) is 4. The van der Waals surface area contributed by atoms with E-state index in [2.05, 4.69) is 4.74 Å². The summed E-state index contributed by atoms with van der Waals surface area (Å²) in [5.74, 6) is -5.03. The summed E-state index contributed by atoms with van der Waals surface area (Å²) in [4.78, 5) is 36.9. The summed E-state index contributed by atoms with van der Waals surface area (Å²) in [7, 11) is 2.28. The maximum Gasteiger partial charge on any atom is 0.337 e. The monoisotopic (exact) mass is 432 g/mol. The summed E-state index contributed by atoms with van der Waals surface area (Å²) in [6.45, 7) is -0.669. The van der Waals surface area contributed by atoms with Crippen LogP contribution >= 0.6 is 0 Å². The molecule has 3 rings (SSSR count). The van der Waals surface area contributed by atoms with E-state index in [0.29, 0.717) is 0 Å². The van der Waals surface area contributed by atoms with E-state index in [1.807, 2.05) is 0 Å². The van der Waals surface area contributed by atoms with E-state index < -0.39 is 79.1 Å². The highest BCUT2D eigenvalue weighted by Crippen LogP contribution is 2.46. The van der Waals surface area contributed by atoms with Crippen molar-refractivity contribution in [2.45, 2.75) is 43.4 Å². The summed E-state index contributed by atoms with van der Waals surface area (Å²) < 4.78 is 25.8. The number of Topliss-reactive ketones (excluding diaryl/α,β-unsaturated/α-hetero) is 1. The van der Waals surface area contributed by atoms with Crippen molar-refractivity contribution in [3.05, 3.63) is 11.8 Å². The smallest absolute Gasteiger partial charge is 0.337 e. The maximum atomic E-state index is 12.6. The molecule has 12 nitrogen and oxygen atoms in total.